The zero-order chi connectivity index (χ0) is 20.6. The number of aromatic nitrogens is 3. The third-order valence-electron chi connectivity index (χ3n) is 5.80. The highest BCUT2D eigenvalue weighted by Gasteiger charge is 2.48. The molecule has 0 spiro atoms. The van der Waals surface area contributed by atoms with Crippen LogP contribution in [0.3, 0.4) is 0 Å². The minimum Gasteiger partial charge on any atom is -0.351 e. The highest BCUT2D eigenvalue weighted by atomic mass is 19.4. The van der Waals surface area contributed by atoms with Gasteiger partial charge in [-0.05, 0) is 36.8 Å². The Labute approximate surface area is 164 Å². The number of hydrogen-bond donors (Lipinski definition) is 1. The second-order valence-corrected chi connectivity index (χ2v) is 7.56. The number of likely N-dealkylation sites (tertiary alicyclic amines) is 1. The summed E-state index contributed by atoms with van der Waals surface area (Å²) in [6.07, 6.45) is -2.25. The van der Waals surface area contributed by atoms with Gasteiger partial charge in [-0.25, -0.2) is 9.07 Å². The maximum atomic E-state index is 13.8. The van der Waals surface area contributed by atoms with E-state index in [1.54, 1.807) is 23.1 Å². The molecule has 0 bridgehead atoms. The lowest BCUT2D eigenvalue weighted by Crippen LogP contribution is -2.47. The van der Waals surface area contributed by atoms with Crippen molar-refractivity contribution in [2.45, 2.75) is 43.9 Å². The van der Waals surface area contributed by atoms with Crippen molar-refractivity contribution in [2.24, 2.45) is 5.92 Å². The number of nitrogens with one attached hydrogen (secondary N) is 1. The van der Waals surface area contributed by atoms with Crippen LogP contribution in [0.4, 0.5) is 23.5 Å². The molecule has 6 nitrogen and oxygen atoms in total. The number of alkyl halides is 3. The Hall–Kier alpha value is -2.65. The molecule has 4 rings (SSSR count). The molecule has 2 atom stereocenters. The standard InChI is InChI=1S/C19H21F4N5O/c20-14-4-2-1-3-13(14)9-17(29)27-7-5-12(6-8-27)15-10-16(19(21,22)23)28-18(26-15)24-11-25-28/h1-4,11-12,15-16H,5-10H2,(H,24,25,26)/t15-,16+/m0/s1. The SMILES string of the molecule is O=C(Cc1ccccc1F)N1CCC([C@@H]2C[C@H](C(F)(F)F)n3ncnc3N2)CC1. The average Bonchev–Trinajstić information content (AvgIpc) is 3.17. The highest BCUT2D eigenvalue weighted by Crippen LogP contribution is 2.41. The van der Waals surface area contributed by atoms with Crippen molar-refractivity contribution in [3.8, 4) is 0 Å². The van der Waals surface area contributed by atoms with Crippen LogP contribution in [0.2, 0.25) is 0 Å². The van der Waals surface area contributed by atoms with Crippen LogP contribution >= 0.6 is 0 Å². The van der Waals surface area contributed by atoms with E-state index in [-0.39, 0.29) is 36.7 Å². The summed E-state index contributed by atoms with van der Waals surface area (Å²) < 4.78 is 55.0. The molecule has 0 aliphatic carbocycles. The van der Waals surface area contributed by atoms with E-state index in [1.807, 2.05) is 0 Å². The number of amides is 1. The lowest BCUT2D eigenvalue weighted by Gasteiger charge is -2.40. The fraction of sp³-hybridized carbons (Fsp3) is 0.526. The van der Waals surface area contributed by atoms with Crippen LogP contribution in [0.1, 0.15) is 30.9 Å². The molecule has 29 heavy (non-hydrogen) atoms. The number of fused-ring (bicyclic) bond motifs is 1. The third-order valence-corrected chi connectivity index (χ3v) is 5.80. The van der Waals surface area contributed by atoms with Gasteiger partial charge in [0.05, 0.1) is 6.42 Å². The van der Waals surface area contributed by atoms with Crippen LogP contribution in [0, 0.1) is 11.7 Å². The van der Waals surface area contributed by atoms with E-state index in [2.05, 4.69) is 15.4 Å². The van der Waals surface area contributed by atoms with Crippen molar-refractivity contribution in [1.29, 1.82) is 0 Å². The molecule has 1 saturated heterocycles. The van der Waals surface area contributed by atoms with E-state index in [4.69, 9.17) is 0 Å². The first kappa shape index (κ1) is 19.7. The Morgan fingerprint density at radius 3 is 2.62 bits per heavy atom. The summed E-state index contributed by atoms with van der Waals surface area (Å²) in [6.45, 7) is 0.888. The number of anilines is 1. The van der Waals surface area contributed by atoms with Gasteiger partial charge in [0.2, 0.25) is 11.9 Å². The van der Waals surface area contributed by atoms with Crippen molar-refractivity contribution < 1.29 is 22.4 Å². The van der Waals surface area contributed by atoms with Crippen LogP contribution in [0.15, 0.2) is 30.6 Å². The molecule has 0 radical (unpaired) electrons. The second-order valence-electron chi connectivity index (χ2n) is 7.56. The zero-order valence-corrected chi connectivity index (χ0v) is 15.6. The molecule has 1 aromatic heterocycles. The molecular formula is C19H21F4N5O. The quantitative estimate of drug-likeness (QED) is 0.788. The Bertz CT molecular complexity index is 875. The summed E-state index contributed by atoms with van der Waals surface area (Å²) in [6, 6.07) is 4.07. The topological polar surface area (TPSA) is 63.1 Å². The van der Waals surface area contributed by atoms with Gasteiger partial charge in [-0.15, -0.1) is 0 Å². The van der Waals surface area contributed by atoms with Crippen LogP contribution in [-0.4, -0.2) is 50.9 Å². The summed E-state index contributed by atoms with van der Waals surface area (Å²) in [4.78, 5) is 18.1. The average molecular weight is 411 g/mol. The van der Waals surface area contributed by atoms with Crippen LogP contribution < -0.4 is 5.32 Å². The molecule has 1 amide bonds. The molecule has 2 aromatic rings. The number of piperidine rings is 1. The summed E-state index contributed by atoms with van der Waals surface area (Å²) in [5, 5.41) is 6.78. The van der Waals surface area contributed by atoms with Gasteiger partial charge in [-0.1, -0.05) is 18.2 Å². The summed E-state index contributed by atoms with van der Waals surface area (Å²) in [5.74, 6) is -0.466. The molecule has 2 aliphatic rings. The third kappa shape index (κ3) is 4.06. The molecule has 1 fully saturated rings. The molecule has 2 aliphatic heterocycles. The largest absolute Gasteiger partial charge is 0.411 e. The lowest BCUT2D eigenvalue weighted by atomic mass is 9.85. The van der Waals surface area contributed by atoms with Crippen LogP contribution in [0.25, 0.3) is 0 Å². The zero-order valence-electron chi connectivity index (χ0n) is 15.6. The minimum absolute atomic E-state index is 0.0113. The van der Waals surface area contributed by atoms with Crippen molar-refractivity contribution >= 4 is 11.9 Å². The van der Waals surface area contributed by atoms with E-state index in [1.165, 1.54) is 6.07 Å². The number of nitrogens with zero attached hydrogens (tertiary/aromatic N) is 4. The number of carbonyl (C=O) groups excluding carboxylic acids is 1. The smallest absolute Gasteiger partial charge is 0.351 e. The van der Waals surface area contributed by atoms with Gasteiger partial charge in [0.15, 0.2) is 6.04 Å². The van der Waals surface area contributed by atoms with Gasteiger partial charge in [-0.3, -0.25) is 4.79 Å². The number of halogens is 4. The Kier molecular flexibility index (Phi) is 5.18. The highest BCUT2D eigenvalue weighted by molar-refractivity contribution is 5.78. The summed E-state index contributed by atoms with van der Waals surface area (Å²) in [7, 11) is 0. The Morgan fingerprint density at radius 2 is 1.93 bits per heavy atom. The first-order chi connectivity index (χ1) is 13.8. The van der Waals surface area contributed by atoms with Gasteiger partial charge < -0.3 is 10.2 Å². The summed E-state index contributed by atoms with van der Waals surface area (Å²) in [5.41, 5.74) is 0.348. The minimum atomic E-state index is -4.40. The number of hydrogen-bond acceptors (Lipinski definition) is 4. The van der Waals surface area contributed by atoms with E-state index in [0.29, 0.717) is 31.5 Å². The number of carbonyl (C=O) groups is 1. The lowest BCUT2D eigenvalue weighted by molar-refractivity contribution is -0.174. The van der Waals surface area contributed by atoms with Crippen molar-refractivity contribution in [3.05, 3.63) is 42.0 Å². The first-order valence-corrected chi connectivity index (χ1v) is 9.57. The Balaban J connectivity index is 1.37. The van der Waals surface area contributed by atoms with Gasteiger partial charge in [0.1, 0.15) is 12.1 Å². The predicted octanol–water partition coefficient (Wildman–Crippen LogP) is 3.19. The molecule has 0 saturated carbocycles. The van der Waals surface area contributed by atoms with Gasteiger partial charge in [0.25, 0.3) is 0 Å². The van der Waals surface area contributed by atoms with E-state index in [9.17, 15) is 22.4 Å². The fourth-order valence-electron chi connectivity index (χ4n) is 4.20. The normalized spacial score (nSPS) is 22.8. The molecule has 156 valence electrons. The van der Waals surface area contributed by atoms with Gasteiger partial charge >= 0.3 is 6.18 Å². The fourth-order valence-corrected chi connectivity index (χ4v) is 4.20. The molecule has 10 heteroatoms. The Morgan fingerprint density at radius 1 is 1.21 bits per heavy atom. The van der Waals surface area contributed by atoms with Crippen LogP contribution in [0.5, 0.6) is 0 Å². The molecule has 1 N–H and O–H groups in total. The van der Waals surface area contributed by atoms with E-state index < -0.39 is 18.0 Å². The van der Waals surface area contributed by atoms with Crippen molar-refractivity contribution in [3.63, 3.8) is 0 Å². The maximum Gasteiger partial charge on any atom is 0.411 e. The second kappa shape index (κ2) is 7.64. The van der Waals surface area contributed by atoms with Crippen molar-refractivity contribution in [2.75, 3.05) is 18.4 Å². The molecule has 1 aromatic carbocycles. The molecule has 0 unspecified atom stereocenters. The number of benzene rings is 1. The summed E-state index contributed by atoms with van der Waals surface area (Å²) >= 11 is 0. The van der Waals surface area contributed by atoms with Gasteiger partial charge in [-0.2, -0.15) is 23.3 Å². The van der Waals surface area contributed by atoms with E-state index in [0.717, 1.165) is 11.0 Å². The maximum absolute atomic E-state index is 13.8. The van der Waals surface area contributed by atoms with E-state index >= 15 is 0 Å². The van der Waals surface area contributed by atoms with Crippen molar-refractivity contribution in [1.82, 2.24) is 19.7 Å². The molecule has 3 heterocycles. The number of rotatable bonds is 3. The van der Waals surface area contributed by atoms with Gasteiger partial charge in [0, 0.05) is 19.1 Å². The first-order valence-electron chi connectivity index (χ1n) is 9.57. The predicted molar refractivity (Wildman–Crippen MR) is 96.5 cm³/mol. The monoisotopic (exact) mass is 411 g/mol. The molecular weight excluding hydrogens is 390 g/mol. The van der Waals surface area contributed by atoms with Crippen LogP contribution in [-0.2, 0) is 11.2 Å².